The molecule has 0 heterocycles. The van der Waals surface area contributed by atoms with Gasteiger partial charge in [-0.3, -0.25) is 4.79 Å². The fourth-order valence-corrected chi connectivity index (χ4v) is 2.51. The van der Waals surface area contributed by atoms with Crippen LogP contribution < -0.4 is 11.1 Å². The molecule has 3 nitrogen and oxygen atoms in total. The van der Waals surface area contributed by atoms with Gasteiger partial charge in [0.25, 0.3) is 5.91 Å². The molecular formula is C15H14FIN2O. The van der Waals surface area contributed by atoms with Crippen molar-refractivity contribution in [2.75, 3.05) is 11.9 Å². The normalized spacial score (nSPS) is 10.3. The van der Waals surface area contributed by atoms with Crippen LogP contribution in [0, 0.1) is 9.39 Å². The molecule has 104 valence electrons. The van der Waals surface area contributed by atoms with Gasteiger partial charge in [0.2, 0.25) is 0 Å². The molecule has 0 aliphatic heterocycles. The van der Waals surface area contributed by atoms with Crippen molar-refractivity contribution >= 4 is 34.2 Å². The van der Waals surface area contributed by atoms with E-state index in [1.165, 1.54) is 12.1 Å². The predicted octanol–water partition coefficient (Wildman–Crippen LogP) is 3.18. The average Bonchev–Trinajstić information content (AvgIpc) is 2.43. The van der Waals surface area contributed by atoms with Gasteiger partial charge in [0.15, 0.2) is 0 Å². The first kappa shape index (κ1) is 14.9. The third-order valence-electron chi connectivity index (χ3n) is 2.85. The molecule has 0 unspecified atom stereocenters. The Morgan fingerprint density at radius 2 is 2.00 bits per heavy atom. The highest BCUT2D eigenvalue weighted by Crippen LogP contribution is 2.20. The van der Waals surface area contributed by atoms with Crippen molar-refractivity contribution < 1.29 is 9.18 Å². The summed E-state index contributed by atoms with van der Waals surface area (Å²) in [6.07, 6.45) is 0.643. The van der Waals surface area contributed by atoms with Crippen LogP contribution in [0.5, 0.6) is 0 Å². The van der Waals surface area contributed by atoms with Gasteiger partial charge >= 0.3 is 0 Å². The van der Waals surface area contributed by atoms with Crippen molar-refractivity contribution in [3.8, 4) is 0 Å². The number of nitrogens with two attached hydrogens (primary N) is 1. The molecule has 5 heteroatoms. The summed E-state index contributed by atoms with van der Waals surface area (Å²) in [5, 5.41) is 2.80. The summed E-state index contributed by atoms with van der Waals surface area (Å²) in [7, 11) is 0. The lowest BCUT2D eigenvalue weighted by molar-refractivity contribution is 0.102. The zero-order chi connectivity index (χ0) is 14.5. The Hall–Kier alpha value is -1.47. The van der Waals surface area contributed by atoms with Crippen molar-refractivity contribution in [2.24, 2.45) is 5.73 Å². The molecule has 0 saturated carbocycles. The number of carbonyl (C=O) groups is 1. The first-order chi connectivity index (χ1) is 9.61. The van der Waals surface area contributed by atoms with E-state index in [1.54, 1.807) is 12.1 Å². The zero-order valence-corrected chi connectivity index (χ0v) is 12.9. The van der Waals surface area contributed by atoms with E-state index >= 15 is 0 Å². The van der Waals surface area contributed by atoms with Crippen molar-refractivity contribution in [3.05, 3.63) is 63.0 Å². The molecule has 0 radical (unpaired) electrons. The molecule has 0 spiro atoms. The highest BCUT2D eigenvalue weighted by Gasteiger charge is 2.12. The minimum absolute atomic E-state index is 0.210. The quantitative estimate of drug-likeness (QED) is 0.796. The van der Waals surface area contributed by atoms with Crippen molar-refractivity contribution in [1.82, 2.24) is 0 Å². The van der Waals surface area contributed by atoms with E-state index in [4.69, 9.17) is 5.73 Å². The van der Waals surface area contributed by atoms with Crippen LogP contribution in [0.3, 0.4) is 0 Å². The number of nitrogens with one attached hydrogen (secondary N) is 1. The molecule has 0 fully saturated rings. The topological polar surface area (TPSA) is 55.1 Å². The average molecular weight is 384 g/mol. The van der Waals surface area contributed by atoms with Gasteiger partial charge in [0.1, 0.15) is 5.82 Å². The molecule has 1 amide bonds. The monoisotopic (exact) mass is 384 g/mol. The van der Waals surface area contributed by atoms with E-state index in [0.29, 0.717) is 27.8 Å². The van der Waals surface area contributed by atoms with Gasteiger partial charge < -0.3 is 11.1 Å². The molecule has 20 heavy (non-hydrogen) atoms. The Kier molecular flexibility index (Phi) is 5.08. The van der Waals surface area contributed by atoms with Gasteiger partial charge in [-0.05, 0) is 65.4 Å². The van der Waals surface area contributed by atoms with Crippen LogP contribution in [0.15, 0.2) is 42.5 Å². The molecule has 0 aromatic heterocycles. The first-order valence-electron chi connectivity index (χ1n) is 6.16. The fraction of sp³-hybridized carbons (Fsp3) is 0.133. The van der Waals surface area contributed by atoms with Crippen LogP contribution in [0.25, 0.3) is 0 Å². The van der Waals surface area contributed by atoms with E-state index < -0.39 is 0 Å². The second kappa shape index (κ2) is 6.81. The van der Waals surface area contributed by atoms with Crippen LogP contribution in [0.1, 0.15) is 15.9 Å². The van der Waals surface area contributed by atoms with Gasteiger partial charge in [-0.25, -0.2) is 4.39 Å². The van der Waals surface area contributed by atoms with Gasteiger partial charge in [-0.15, -0.1) is 0 Å². The first-order valence-corrected chi connectivity index (χ1v) is 7.24. The molecule has 2 rings (SSSR count). The van der Waals surface area contributed by atoms with Crippen LogP contribution >= 0.6 is 22.6 Å². The minimum Gasteiger partial charge on any atom is -0.330 e. The van der Waals surface area contributed by atoms with E-state index in [0.717, 1.165) is 5.56 Å². The third kappa shape index (κ3) is 3.55. The number of carbonyl (C=O) groups excluding carboxylic acids is 1. The van der Waals surface area contributed by atoms with E-state index in [1.807, 2.05) is 40.8 Å². The lowest BCUT2D eigenvalue weighted by Crippen LogP contribution is -2.16. The molecular weight excluding hydrogens is 370 g/mol. The van der Waals surface area contributed by atoms with Crippen molar-refractivity contribution in [3.63, 3.8) is 0 Å². The Morgan fingerprint density at radius 3 is 2.70 bits per heavy atom. The summed E-state index contributed by atoms with van der Waals surface area (Å²) in [5.74, 6) is -0.533. The maximum atomic E-state index is 13.0. The van der Waals surface area contributed by atoms with Crippen LogP contribution in [-0.4, -0.2) is 12.5 Å². The maximum absolute atomic E-state index is 13.0. The minimum atomic E-state index is -0.323. The summed E-state index contributed by atoms with van der Waals surface area (Å²) in [6, 6.07) is 11.6. The Labute approximate surface area is 130 Å². The molecule has 0 bridgehead atoms. The number of hydrogen-bond donors (Lipinski definition) is 2. The number of halogens is 2. The molecule has 2 aromatic carbocycles. The smallest absolute Gasteiger partial charge is 0.255 e. The second-order valence-corrected chi connectivity index (χ2v) is 5.44. The van der Waals surface area contributed by atoms with Crippen LogP contribution in [-0.2, 0) is 6.42 Å². The Balaban J connectivity index is 2.24. The maximum Gasteiger partial charge on any atom is 0.255 e. The summed E-state index contributed by atoms with van der Waals surface area (Å²) in [6.45, 7) is 0.485. The van der Waals surface area contributed by atoms with E-state index in [-0.39, 0.29) is 11.7 Å². The van der Waals surface area contributed by atoms with Gasteiger partial charge in [0.05, 0.1) is 5.69 Å². The van der Waals surface area contributed by atoms with Crippen molar-refractivity contribution in [2.45, 2.75) is 6.42 Å². The standard InChI is InChI=1S/C15H14FIN2O/c16-11-5-6-14(13(17)9-11)19-15(20)12-4-2-1-3-10(12)7-8-18/h1-6,9H,7-8,18H2,(H,19,20). The van der Waals surface area contributed by atoms with Crippen LogP contribution in [0.2, 0.25) is 0 Å². The number of amides is 1. The number of anilines is 1. The molecule has 2 aromatic rings. The van der Waals surface area contributed by atoms with Gasteiger partial charge in [-0.2, -0.15) is 0 Å². The third-order valence-corrected chi connectivity index (χ3v) is 3.75. The largest absolute Gasteiger partial charge is 0.330 e. The summed E-state index contributed by atoms with van der Waals surface area (Å²) >= 11 is 1.99. The second-order valence-electron chi connectivity index (χ2n) is 4.27. The zero-order valence-electron chi connectivity index (χ0n) is 10.7. The highest BCUT2D eigenvalue weighted by atomic mass is 127. The fourth-order valence-electron chi connectivity index (χ4n) is 1.90. The summed E-state index contributed by atoms with van der Waals surface area (Å²) < 4.78 is 13.7. The highest BCUT2D eigenvalue weighted by molar-refractivity contribution is 14.1. The predicted molar refractivity (Wildman–Crippen MR) is 86.3 cm³/mol. The SMILES string of the molecule is NCCc1ccccc1C(=O)Nc1ccc(F)cc1I. The number of hydrogen-bond acceptors (Lipinski definition) is 2. The molecule has 0 atom stereocenters. The number of benzene rings is 2. The Bertz CT molecular complexity index is 631. The van der Waals surface area contributed by atoms with Gasteiger partial charge in [0, 0.05) is 9.13 Å². The summed E-state index contributed by atoms with van der Waals surface area (Å²) in [5.41, 5.74) is 7.65. The molecule has 3 N–H and O–H groups in total. The number of rotatable bonds is 4. The summed E-state index contributed by atoms with van der Waals surface area (Å²) in [4.78, 5) is 12.3. The van der Waals surface area contributed by atoms with Gasteiger partial charge in [-0.1, -0.05) is 18.2 Å². The molecule has 0 aliphatic rings. The lowest BCUT2D eigenvalue weighted by Gasteiger charge is -2.10. The van der Waals surface area contributed by atoms with E-state index in [2.05, 4.69) is 5.32 Å². The van der Waals surface area contributed by atoms with Crippen molar-refractivity contribution in [1.29, 1.82) is 0 Å². The van der Waals surface area contributed by atoms with Crippen LogP contribution in [0.4, 0.5) is 10.1 Å². The lowest BCUT2D eigenvalue weighted by atomic mass is 10.0. The molecule has 0 aliphatic carbocycles. The molecule has 0 saturated heterocycles. The Morgan fingerprint density at radius 1 is 1.25 bits per heavy atom. The van der Waals surface area contributed by atoms with E-state index in [9.17, 15) is 9.18 Å².